The quantitative estimate of drug-likeness (QED) is 0.444. The highest BCUT2D eigenvalue weighted by Gasteiger charge is 2.33. The first kappa shape index (κ1) is 26.5. The van der Waals surface area contributed by atoms with E-state index in [1.807, 2.05) is 24.9 Å². The highest BCUT2D eigenvalue weighted by atomic mass is 35.5. The molecule has 1 amide bonds. The van der Waals surface area contributed by atoms with Crippen LogP contribution in [0.1, 0.15) is 53.3 Å². The number of rotatable bonds is 3. The number of halogens is 1. The van der Waals surface area contributed by atoms with Crippen LogP contribution in [0.4, 0.5) is 17.3 Å². The summed E-state index contributed by atoms with van der Waals surface area (Å²) in [5.74, 6) is 1.11. The number of sulfonamides is 1. The van der Waals surface area contributed by atoms with Crippen molar-refractivity contribution in [2.75, 3.05) is 53.9 Å². The van der Waals surface area contributed by atoms with Crippen molar-refractivity contribution in [1.29, 1.82) is 0 Å². The van der Waals surface area contributed by atoms with Gasteiger partial charge in [0.2, 0.25) is 10.0 Å². The number of nitrogens with one attached hydrogen (secondary N) is 2. The predicted octanol–water partition coefficient (Wildman–Crippen LogP) is 3.01. The minimum atomic E-state index is -3.72. The average molecular weight is 561 g/mol. The van der Waals surface area contributed by atoms with E-state index in [1.165, 1.54) is 6.07 Å². The Hall–Kier alpha value is -3.09. The van der Waals surface area contributed by atoms with Crippen molar-refractivity contribution in [1.82, 2.24) is 19.5 Å². The number of amides is 1. The van der Waals surface area contributed by atoms with E-state index in [9.17, 15) is 13.2 Å². The van der Waals surface area contributed by atoms with Gasteiger partial charge in [0.1, 0.15) is 11.6 Å². The van der Waals surface area contributed by atoms with Crippen LogP contribution >= 0.6 is 11.6 Å². The van der Waals surface area contributed by atoms with E-state index in [1.54, 1.807) is 21.5 Å². The van der Waals surface area contributed by atoms with E-state index in [-0.39, 0.29) is 29.0 Å². The summed E-state index contributed by atoms with van der Waals surface area (Å²) in [4.78, 5) is 22.5. The van der Waals surface area contributed by atoms with E-state index in [0.717, 1.165) is 36.3 Å². The van der Waals surface area contributed by atoms with Crippen molar-refractivity contribution in [3.8, 4) is 0 Å². The second kappa shape index (κ2) is 10.6. The molecule has 0 spiro atoms. The SMILES string of the molecule is Cc1c(NCCN)nc2cc3nn2c1N(C)CCCS(=O)(=O)Nc1ccc(Cl)cc1C(=O)N1CCCCC31. The molecule has 0 saturated carbocycles. The molecule has 5 rings (SSSR count). The molecule has 4 N–H and O–H groups in total. The third kappa shape index (κ3) is 5.12. The maximum absolute atomic E-state index is 13.9. The summed E-state index contributed by atoms with van der Waals surface area (Å²) in [7, 11) is -1.80. The van der Waals surface area contributed by atoms with Gasteiger partial charge >= 0.3 is 0 Å². The number of anilines is 3. The van der Waals surface area contributed by atoms with Crippen molar-refractivity contribution in [3.05, 3.63) is 46.1 Å². The van der Waals surface area contributed by atoms with Gasteiger partial charge < -0.3 is 20.9 Å². The summed E-state index contributed by atoms with van der Waals surface area (Å²) in [5.41, 5.74) is 8.46. The van der Waals surface area contributed by atoms with E-state index in [2.05, 4.69) is 10.0 Å². The molecule has 2 aliphatic rings. The van der Waals surface area contributed by atoms with Crippen molar-refractivity contribution >= 4 is 50.5 Å². The van der Waals surface area contributed by atoms with Crippen molar-refractivity contribution in [2.45, 2.75) is 38.6 Å². The maximum atomic E-state index is 13.9. The number of nitrogens with zero attached hydrogens (tertiary/aromatic N) is 5. The molecule has 1 fully saturated rings. The minimum Gasteiger partial charge on any atom is -0.368 e. The topological polar surface area (TPSA) is 138 Å². The average Bonchev–Trinajstić information content (AvgIpc) is 3.30. The number of carbonyl (C=O) groups is 1. The van der Waals surface area contributed by atoms with Gasteiger partial charge in [-0.05, 0) is 50.8 Å². The van der Waals surface area contributed by atoms with E-state index in [0.29, 0.717) is 49.1 Å². The number of fused-ring (bicyclic) bond motifs is 4. The number of hydrogen-bond acceptors (Lipinski definition) is 8. The molecule has 1 aromatic carbocycles. The zero-order valence-corrected chi connectivity index (χ0v) is 23.1. The number of piperidine rings is 1. The molecular weight excluding hydrogens is 528 g/mol. The number of carbonyl (C=O) groups excluding carboxylic acids is 1. The summed E-state index contributed by atoms with van der Waals surface area (Å²) < 4.78 is 30.5. The van der Waals surface area contributed by atoms with Crippen LogP contribution in [0.15, 0.2) is 24.3 Å². The van der Waals surface area contributed by atoms with Gasteiger partial charge in [-0.3, -0.25) is 9.52 Å². The Bertz CT molecular complexity index is 1480. The highest BCUT2D eigenvalue weighted by Crippen LogP contribution is 2.36. The molecular formula is C25H33ClN8O3S. The molecule has 38 heavy (non-hydrogen) atoms. The lowest BCUT2D eigenvalue weighted by Crippen LogP contribution is -2.39. The van der Waals surface area contributed by atoms with Crippen molar-refractivity contribution in [2.24, 2.45) is 5.73 Å². The van der Waals surface area contributed by atoms with Crippen molar-refractivity contribution in [3.63, 3.8) is 0 Å². The normalized spacial score (nSPS) is 19.9. The molecule has 1 saturated heterocycles. The Labute approximate surface area is 227 Å². The molecule has 3 aromatic rings. The van der Waals surface area contributed by atoms with Crippen LogP contribution in [0.2, 0.25) is 5.02 Å². The highest BCUT2D eigenvalue weighted by molar-refractivity contribution is 7.92. The van der Waals surface area contributed by atoms with Gasteiger partial charge in [0, 0.05) is 49.9 Å². The predicted molar refractivity (Wildman–Crippen MR) is 150 cm³/mol. The van der Waals surface area contributed by atoms with Crippen molar-refractivity contribution < 1.29 is 13.2 Å². The van der Waals surface area contributed by atoms with Gasteiger partial charge in [0.15, 0.2) is 5.65 Å². The zero-order valence-electron chi connectivity index (χ0n) is 21.6. The zero-order chi connectivity index (χ0) is 27.0. The number of hydrogen-bond donors (Lipinski definition) is 3. The fraction of sp³-hybridized carbons (Fsp3) is 0.480. The van der Waals surface area contributed by atoms with Gasteiger partial charge in [-0.1, -0.05) is 11.6 Å². The molecule has 0 radical (unpaired) electrons. The molecule has 1 atom stereocenters. The monoisotopic (exact) mass is 560 g/mol. The summed E-state index contributed by atoms with van der Waals surface area (Å²) in [6.07, 6.45) is 2.88. The summed E-state index contributed by atoms with van der Waals surface area (Å²) in [6, 6.07) is 6.32. The number of nitrogens with two attached hydrogens (primary N) is 1. The van der Waals surface area contributed by atoms with Crippen LogP contribution in [-0.4, -0.2) is 72.8 Å². The Kier molecular flexibility index (Phi) is 7.38. The van der Waals surface area contributed by atoms with Gasteiger partial charge in [-0.25, -0.2) is 13.4 Å². The molecule has 1 unspecified atom stereocenters. The molecule has 4 heterocycles. The fourth-order valence-electron chi connectivity index (χ4n) is 5.30. The Morgan fingerprint density at radius 2 is 2.03 bits per heavy atom. The molecule has 0 aliphatic carbocycles. The summed E-state index contributed by atoms with van der Waals surface area (Å²) in [6.45, 7) is 3.97. The molecule has 13 heteroatoms. The van der Waals surface area contributed by atoms with Gasteiger partial charge in [0.05, 0.1) is 28.7 Å². The lowest BCUT2D eigenvalue weighted by molar-refractivity contribution is 0.0607. The first-order valence-corrected chi connectivity index (χ1v) is 14.9. The van der Waals surface area contributed by atoms with E-state index >= 15 is 0 Å². The minimum absolute atomic E-state index is 0.115. The van der Waals surface area contributed by atoms with Gasteiger partial charge in [-0.2, -0.15) is 9.61 Å². The first-order chi connectivity index (χ1) is 18.2. The fourth-order valence-corrected chi connectivity index (χ4v) is 6.59. The smallest absolute Gasteiger partial charge is 0.256 e. The van der Waals surface area contributed by atoms with E-state index in [4.69, 9.17) is 27.4 Å². The lowest BCUT2D eigenvalue weighted by atomic mass is 9.98. The summed E-state index contributed by atoms with van der Waals surface area (Å²) in [5, 5.41) is 8.62. The molecule has 2 bridgehead atoms. The second-order valence-corrected chi connectivity index (χ2v) is 12.1. The van der Waals surface area contributed by atoms with Crippen LogP contribution in [0, 0.1) is 6.92 Å². The largest absolute Gasteiger partial charge is 0.368 e. The number of aromatic nitrogens is 3. The van der Waals surface area contributed by atoms with Crippen LogP contribution in [0.3, 0.4) is 0 Å². The van der Waals surface area contributed by atoms with Crippen LogP contribution in [0.25, 0.3) is 5.65 Å². The Morgan fingerprint density at radius 3 is 2.82 bits per heavy atom. The third-order valence-electron chi connectivity index (χ3n) is 7.11. The summed E-state index contributed by atoms with van der Waals surface area (Å²) >= 11 is 6.26. The number of benzene rings is 1. The maximum Gasteiger partial charge on any atom is 0.256 e. The second-order valence-electron chi connectivity index (χ2n) is 9.86. The van der Waals surface area contributed by atoms with E-state index < -0.39 is 10.0 Å². The van der Waals surface area contributed by atoms with Crippen LogP contribution in [-0.2, 0) is 10.0 Å². The molecule has 11 nitrogen and oxygen atoms in total. The van der Waals surface area contributed by atoms with Crippen LogP contribution < -0.4 is 20.7 Å². The van der Waals surface area contributed by atoms with Crippen LogP contribution in [0.5, 0.6) is 0 Å². The van der Waals surface area contributed by atoms with Gasteiger partial charge in [0.25, 0.3) is 5.91 Å². The molecule has 2 aromatic heterocycles. The molecule has 2 aliphatic heterocycles. The Balaban J connectivity index is 1.69. The first-order valence-electron chi connectivity index (χ1n) is 12.8. The third-order valence-corrected chi connectivity index (χ3v) is 8.71. The lowest BCUT2D eigenvalue weighted by Gasteiger charge is -2.35. The van der Waals surface area contributed by atoms with Gasteiger partial charge in [-0.15, -0.1) is 0 Å². The molecule has 204 valence electrons. The Morgan fingerprint density at radius 1 is 1.21 bits per heavy atom. The standard InChI is InChI=1S/C25H33ClN8O3S/c1-16-23(28-10-9-27)29-22-15-20-21-6-3-4-12-33(21)25(35)18-14-17(26)7-8-19(18)31-38(36,37)13-5-11-32(2)24(16)34(22)30-20/h7-8,14-15,21,31H,3-6,9-13,27H2,1-2H3,(H,28,29).